The maximum absolute atomic E-state index is 13.0. The summed E-state index contributed by atoms with van der Waals surface area (Å²) in [4.78, 5) is 31.5. The van der Waals surface area contributed by atoms with Crippen molar-refractivity contribution in [3.05, 3.63) is 48.2 Å². The van der Waals surface area contributed by atoms with Crippen LogP contribution in [0.15, 0.2) is 41.4 Å². The topological polar surface area (TPSA) is 81.2 Å². The van der Waals surface area contributed by atoms with E-state index in [1.807, 2.05) is 46.9 Å². The molecule has 28 heavy (non-hydrogen) atoms. The Bertz CT molecular complexity index is 977. The van der Waals surface area contributed by atoms with E-state index < -0.39 is 0 Å². The van der Waals surface area contributed by atoms with Crippen molar-refractivity contribution in [2.45, 2.75) is 45.1 Å². The summed E-state index contributed by atoms with van der Waals surface area (Å²) in [7, 11) is 0. The molecule has 7 nitrogen and oxygen atoms in total. The number of fused-ring (bicyclic) bond motifs is 1. The minimum Gasteiger partial charge on any atom is -0.343 e. The van der Waals surface area contributed by atoms with Crippen molar-refractivity contribution in [2.24, 2.45) is 0 Å². The van der Waals surface area contributed by atoms with Gasteiger partial charge in [0.05, 0.1) is 0 Å². The third-order valence-corrected chi connectivity index (χ3v) is 5.39. The van der Waals surface area contributed by atoms with E-state index in [1.54, 1.807) is 0 Å². The van der Waals surface area contributed by atoms with E-state index in [1.165, 1.54) is 6.39 Å². The molecule has 1 aliphatic rings. The van der Waals surface area contributed by atoms with Crippen molar-refractivity contribution in [3.8, 4) is 0 Å². The van der Waals surface area contributed by atoms with Crippen LogP contribution < -0.4 is 0 Å². The third kappa shape index (κ3) is 3.56. The van der Waals surface area contributed by atoms with E-state index in [2.05, 4.69) is 10.1 Å². The highest BCUT2D eigenvalue weighted by Gasteiger charge is 2.27. The lowest BCUT2D eigenvalue weighted by atomic mass is 9.97. The Balaban J connectivity index is 1.54. The number of piperidine rings is 1. The van der Waals surface area contributed by atoms with Crippen molar-refractivity contribution in [2.75, 3.05) is 13.1 Å². The van der Waals surface area contributed by atoms with Crippen molar-refractivity contribution >= 4 is 22.6 Å². The molecule has 0 unspecified atom stereocenters. The van der Waals surface area contributed by atoms with Gasteiger partial charge in [-0.2, -0.15) is 4.98 Å². The lowest BCUT2D eigenvalue weighted by Crippen LogP contribution is -2.41. The Hall–Kier alpha value is -2.96. The van der Waals surface area contributed by atoms with Gasteiger partial charge in [0.1, 0.15) is 6.54 Å². The number of likely N-dealkylation sites (tertiary alicyclic amines) is 1. The lowest BCUT2D eigenvalue weighted by molar-refractivity contribution is -0.133. The summed E-state index contributed by atoms with van der Waals surface area (Å²) < 4.78 is 6.75. The molecule has 1 fully saturated rings. The quantitative estimate of drug-likeness (QED) is 0.612. The van der Waals surface area contributed by atoms with Gasteiger partial charge in [-0.25, -0.2) is 0 Å². The van der Waals surface area contributed by atoms with Crippen LogP contribution in [0, 0.1) is 0 Å². The van der Waals surface area contributed by atoms with Crippen LogP contribution in [0.2, 0.25) is 0 Å². The van der Waals surface area contributed by atoms with Crippen molar-refractivity contribution < 1.29 is 14.1 Å². The number of benzene rings is 1. The Morgan fingerprint density at radius 2 is 2.14 bits per heavy atom. The average molecular weight is 380 g/mol. The van der Waals surface area contributed by atoms with E-state index in [9.17, 15) is 9.59 Å². The van der Waals surface area contributed by atoms with Crippen molar-refractivity contribution in [1.82, 2.24) is 19.6 Å². The van der Waals surface area contributed by atoms with Gasteiger partial charge >= 0.3 is 0 Å². The molecule has 4 rings (SSSR count). The van der Waals surface area contributed by atoms with E-state index in [-0.39, 0.29) is 24.2 Å². The van der Waals surface area contributed by atoms with Gasteiger partial charge < -0.3 is 14.0 Å². The molecule has 1 atom stereocenters. The Morgan fingerprint density at radius 1 is 1.29 bits per heavy atom. The molecule has 1 aromatic carbocycles. The summed E-state index contributed by atoms with van der Waals surface area (Å²) in [6.45, 7) is 3.54. The zero-order valence-electron chi connectivity index (χ0n) is 16.0. The minimum absolute atomic E-state index is 0.0449. The second-order valence-corrected chi connectivity index (χ2v) is 7.33. The van der Waals surface area contributed by atoms with Crippen LogP contribution in [-0.2, 0) is 11.3 Å². The number of nitrogens with zero attached hydrogens (tertiary/aromatic N) is 4. The second kappa shape index (κ2) is 7.96. The SMILES string of the molecule is CCCC(=O)c1cn(CC(=O)N2CCC[C@@H](c3ncon3)C2)c2ccccc12. The number of carbonyl (C=O) groups excluding carboxylic acids is 2. The maximum Gasteiger partial charge on any atom is 0.242 e. The smallest absolute Gasteiger partial charge is 0.242 e. The van der Waals surface area contributed by atoms with Gasteiger partial charge in [-0.05, 0) is 25.3 Å². The highest BCUT2D eigenvalue weighted by molar-refractivity contribution is 6.08. The van der Waals surface area contributed by atoms with Crippen LogP contribution in [0.25, 0.3) is 10.9 Å². The predicted octanol–water partition coefficient (Wildman–Crippen LogP) is 3.41. The van der Waals surface area contributed by atoms with E-state index in [0.29, 0.717) is 24.4 Å². The minimum atomic E-state index is 0.0449. The molecule has 146 valence electrons. The van der Waals surface area contributed by atoms with E-state index >= 15 is 0 Å². The fraction of sp³-hybridized carbons (Fsp3) is 0.429. The van der Waals surface area contributed by atoms with Crippen LogP contribution >= 0.6 is 0 Å². The highest BCUT2D eigenvalue weighted by Crippen LogP contribution is 2.26. The number of rotatable bonds is 6. The number of Topliss-reactive ketones (excluding diaryl/α,β-unsaturated/α-hetero) is 1. The van der Waals surface area contributed by atoms with E-state index in [4.69, 9.17) is 4.52 Å². The molecule has 0 spiro atoms. The van der Waals surface area contributed by atoms with Crippen molar-refractivity contribution in [1.29, 1.82) is 0 Å². The third-order valence-electron chi connectivity index (χ3n) is 5.39. The first-order valence-electron chi connectivity index (χ1n) is 9.82. The zero-order valence-corrected chi connectivity index (χ0v) is 16.0. The second-order valence-electron chi connectivity index (χ2n) is 7.33. The summed E-state index contributed by atoms with van der Waals surface area (Å²) in [5, 5.41) is 4.85. The lowest BCUT2D eigenvalue weighted by Gasteiger charge is -2.31. The summed E-state index contributed by atoms with van der Waals surface area (Å²) in [5.74, 6) is 0.944. The first-order chi connectivity index (χ1) is 13.7. The molecule has 0 radical (unpaired) electrons. The maximum atomic E-state index is 13.0. The molecule has 1 aliphatic heterocycles. The van der Waals surface area contributed by atoms with Gasteiger partial charge in [0, 0.05) is 48.1 Å². The molecular weight excluding hydrogens is 356 g/mol. The number of para-hydroxylation sites is 1. The fourth-order valence-corrected chi connectivity index (χ4v) is 3.98. The van der Waals surface area contributed by atoms with Gasteiger partial charge in [0.2, 0.25) is 12.3 Å². The molecular formula is C21H24N4O3. The van der Waals surface area contributed by atoms with Gasteiger partial charge in [-0.1, -0.05) is 30.3 Å². The van der Waals surface area contributed by atoms with Gasteiger partial charge in [-0.3, -0.25) is 9.59 Å². The van der Waals surface area contributed by atoms with Crippen LogP contribution in [0.5, 0.6) is 0 Å². The predicted molar refractivity (Wildman–Crippen MR) is 104 cm³/mol. The van der Waals surface area contributed by atoms with Crippen LogP contribution in [0.1, 0.15) is 54.7 Å². The number of ketones is 1. The zero-order chi connectivity index (χ0) is 19.5. The summed E-state index contributed by atoms with van der Waals surface area (Å²) in [5.41, 5.74) is 1.62. The first kappa shape index (κ1) is 18.4. The number of hydrogen-bond acceptors (Lipinski definition) is 5. The monoisotopic (exact) mass is 380 g/mol. The van der Waals surface area contributed by atoms with Crippen LogP contribution in [0.3, 0.4) is 0 Å². The Kier molecular flexibility index (Phi) is 5.23. The molecule has 3 heterocycles. The summed E-state index contributed by atoms with van der Waals surface area (Å²) >= 11 is 0. The van der Waals surface area contributed by atoms with Gasteiger partial charge in [-0.15, -0.1) is 0 Å². The van der Waals surface area contributed by atoms with E-state index in [0.717, 1.165) is 36.7 Å². The first-order valence-corrected chi connectivity index (χ1v) is 9.82. The Labute approximate surface area is 163 Å². The Morgan fingerprint density at radius 3 is 2.93 bits per heavy atom. The molecule has 3 aromatic rings. The number of carbonyl (C=O) groups is 2. The van der Waals surface area contributed by atoms with Gasteiger partial charge in [0.25, 0.3) is 0 Å². The largest absolute Gasteiger partial charge is 0.343 e. The normalized spacial score (nSPS) is 17.2. The molecule has 0 N–H and O–H groups in total. The van der Waals surface area contributed by atoms with Crippen molar-refractivity contribution in [3.63, 3.8) is 0 Å². The molecule has 0 saturated carbocycles. The molecule has 1 amide bonds. The number of amides is 1. The fourth-order valence-electron chi connectivity index (χ4n) is 3.98. The summed E-state index contributed by atoms with van der Waals surface area (Å²) in [6, 6.07) is 7.78. The van der Waals surface area contributed by atoms with Crippen LogP contribution in [0.4, 0.5) is 0 Å². The number of hydrogen-bond donors (Lipinski definition) is 0. The van der Waals surface area contributed by atoms with Gasteiger partial charge in [0.15, 0.2) is 11.6 Å². The standard InChI is InChI=1S/C21H24N4O3/c1-2-6-19(26)17-12-25(18-9-4-3-8-16(17)18)13-20(27)24-10-5-7-15(11-24)21-22-14-28-23-21/h3-4,8-9,12,14-15H,2,5-7,10-11,13H2,1H3/t15-/m1/s1. The molecule has 0 aliphatic carbocycles. The highest BCUT2D eigenvalue weighted by atomic mass is 16.5. The average Bonchev–Trinajstić information content (AvgIpc) is 3.37. The van der Waals surface area contributed by atoms with Crippen LogP contribution in [-0.4, -0.2) is 44.4 Å². The molecule has 0 bridgehead atoms. The summed E-state index contributed by atoms with van der Waals surface area (Å²) in [6.07, 6.45) is 6.35. The molecule has 1 saturated heterocycles. The molecule has 7 heteroatoms. The number of aromatic nitrogens is 3. The molecule has 2 aromatic heterocycles.